The van der Waals surface area contributed by atoms with Gasteiger partial charge in [-0.3, -0.25) is 0 Å². The van der Waals surface area contributed by atoms with Crippen LogP contribution in [0.2, 0.25) is 0 Å². The first kappa shape index (κ1) is 10.4. The highest BCUT2D eigenvalue weighted by Crippen LogP contribution is 2.26. The average Bonchev–Trinajstić information content (AvgIpc) is 2.75. The normalized spacial score (nSPS) is 18.6. The van der Waals surface area contributed by atoms with Crippen LogP contribution in [0.25, 0.3) is 5.69 Å². The standard InChI is InChI=1S/C14H17N3/c1-10-8-15-17(9-10)13-5-6-14-12(7-13)4-3-11(2)16-14/h5-9,11,16H,3-4H2,1-2H3. The van der Waals surface area contributed by atoms with E-state index in [4.69, 9.17) is 0 Å². The second-order valence-electron chi connectivity index (χ2n) is 4.89. The van der Waals surface area contributed by atoms with Gasteiger partial charge in [0.1, 0.15) is 0 Å². The third kappa shape index (κ3) is 1.93. The van der Waals surface area contributed by atoms with Crippen molar-refractivity contribution in [1.82, 2.24) is 9.78 Å². The van der Waals surface area contributed by atoms with E-state index in [-0.39, 0.29) is 0 Å². The van der Waals surface area contributed by atoms with Crippen LogP contribution < -0.4 is 5.32 Å². The van der Waals surface area contributed by atoms with Crippen molar-refractivity contribution in [2.75, 3.05) is 5.32 Å². The SMILES string of the molecule is Cc1cnn(-c2ccc3c(c2)CCC(C)N3)c1. The number of rotatable bonds is 1. The molecule has 0 saturated heterocycles. The van der Waals surface area contributed by atoms with Crippen molar-refractivity contribution in [3.05, 3.63) is 41.7 Å². The number of benzene rings is 1. The fourth-order valence-corrected chi connectivity index (χ4v) is 2.33. The zero-order valence-corrected chi connectivity index (χ0v) is 10.3. The number of aromatic nitrogens is 2. The van der Waals surface area contributed by atoms with E-state index >= 15 is 0 Å². The van der Waals surface area contributed by atoms with Gasteiger partial charge in [0.05, 0.1) is 11.9 Å². The van der Waals surface area contributed by atoms with E-state index in [0.717, 1.165) is 12.1 Å². The lowest BCUT2D eigenvalue weighted by Gasteiger charge is -2.24. The van der Waals surface area contributed by atoms with Gasteiger partial charge >= 0.3 is 0 Å². The molecule has 17 heavy (non-hydrogen) atoms. The fourth-order valence-electron chi connectivity index (χ4n) is 2.33. The van der Waals surface area contributed by atoms with Crippen LogP contribution in [0.3, 0.4) is 0 Å². The Balaban J connectivity index is 1.98. The topological polar surface area (TPSA) is 29.9 Å². The van der Waals surface area contributed by atoms with Gasteiger partial charge < -0.3 is 5.32 Å². The number of fused-ring (bicyclic) bond motifs is 1. The van der Waals surface area contributed by atoms with Crippen molar-refractivity contribution < 1.29 is 0 Å². The van der Waals surface area contributed by atoms with Gasteiger partial charge in [-0.05, 0) is 56.0 Å². The van der Waals surface area contributed by atoms with Crippen LogP contribution in [0.5, 0.6) is 0 Å². The first-order chi connectivity index (χ1) is 8.22. The number of hydrogen-bond donors (Lipinski definition) is 1. The summed E-state index contributed by atoms with van der Waals surface area (Å²) in [6.45, 7) is 4.29. The number of hydrogen-bond acceptors (Lipinski definition) is 2. The molecular weight excluding hydrogens is 210 g/mol. The van der Waals surface area contributed by atoms with Gasteiger partial charge in [0.25, 0.3) is 0 Å². The van der Waals surface area contributed by atoms with Crippen LogP contribution in [0, 0.1) is 6.92 Å². The first-order valence-electron chi connectivity index (χ1n) is 6.13. The lowest BCUT2D eigenvalue weighted by atomic mass is 9.98. The Morgan fingerprint density at radius 2 is 2.29 bits per heavy atom. The summed E-state index contributed by atoms with van der Waals surface area (Å²) in [7, 11) is 0. The molecule has 1 unspecified atom stereocenters. The maximum absolute atomic E-state index is 4.35. The minimum Gasteiger partial charge on any atom is -0.382 e. The van der Waals surface area contributed by atoms with Gasteiger partial charge in [0, 0.05) is 17.9 Å². The summed E-state index contributed by atoms with van der Waals surface area (Å²) in [6.07, 6.45) is 6.30. The van der Waals surface area contributed by atoms with Gasteiger partial charge in [-0.15, -0.1) is 0 Å². The van der Waals surface area contributed by atoms with Crippen LogP contribution in [-0.4, -0.2) is 15.8 Å². The summed E-state index contributed by atoms with van der Waals surface area (Å²) in [6, 6.07) is 7.11. The van der Waals surface area contributed by atoms with Crippen LogP contribution >= 0.6 is 0 Å². The van der Waals surface area contributed by atoms with E-state index in [0.29, 0.717) is 6.04 Å². The molecule has 1 aliphatic heterocycles. The third-order valence-electron chi connectivity index (χ3n) is 3.31. The molecule has 0 spiro atoms. The monoisotopic (exact) mass is 227 g/mol. The number of anilines is 1. The molecule has 1 aromatic heterocycles. The molecule has 1 atom stereocenters. The Kier molecular flexibility index (Phi) is 2.39. The maximum Gasteiger partial charge on any atom is 0.0649 e. The minimum absolute atomic E-state index is 0.584. The van der Waals surface area contributed by atoms with E-state index in [2.05, 4.69) is 48.7 Å². The molecule has 0 aliphatic carbocycles. The molecule has 1 aliphatic rings. The highest BCUT2D eigenvalue weighted by atomic mass is 15.3. The van der Waals surface area contributed by atoms with Gasteiger partial charge in [0.15, 0.2) is 0 Å². The van der Waals surface area contributed by atoms with Crippen molar-refractivity contribution >= 4 is 5.69 Å². The Labute approximate surface area is 101 Å². The predicted octanol–water partition coefficient (Wildman–Crippen LogP) is 2.93. The van der Waals surface area contributed by atoms with Gasteiger partial charge in [-0.1, -0.05) is 0 Å². The highest BCUT2D eigenvalue weighted by molar-refractivity contribution is 5.57. The minimum atomic E-state index is 0.584. The smallest absolute Gasteiger partial charge is 0.0649 e. The van der Waals surface area contributed by atoms with Crippen LogP contribution in [0.1, 0.15) is 24.5 Å². The molecule has 1 aromatic carbocycles. The van der Waals surface area contributed by atoms with Crippen LogP contribution in [0.4, 0.5) is 5.69 Å². The molecular formula is C14H17N3. The molecule has 0 bridgehead atoms. The zero-order valence-electron chi connectivity index (χ0n) is 10.3. The van der Waals surface area contributed by atoms with Crippen LogP contribution in [0.15, 0.2) is 30.6 Å². The number of aryl methyl sites for hydroxylation is 2. The average molecular weight is 227 g/mol. The fraction of sp³-hybridized carbons (Fsp3) is 0.357. The Hall–Kier alpha value is -1.77. The van der Waals surface area contributed by atoms with Gasteiger partial charge in [-0.25, -0.2) is 4.68 Å². The molecule has 3 nitrogen and oxygen atoms in total. The summed E-state index contributed by atoms with van der Waals surface area (Å²) < 4.78 is 1.94. The summed E-state index contributed by atoms with van der Waals surface area (Å²) >= 11 is 0. The summed E-state index contributed by atoms with van der Waals surface area (Å²) in [4.78, 5) is 0. The van der Waals surface area contributed by atoms with Crippen LogP contribution in [-0.2, 0) is 6.42 Å². The molecule has 3 rings (SSSR count). The zero-order chi connectivity index (χ0) is 11.8. The molecule has 3 heteroatoms. The van der Waals surface area contributed by atoms with E-state index in [1.807, 2.05) is 10.9 Å². The molecule has 0 amide bonds. The van der Waals surface area contributed by atoms with Crippen molar-refractivity contribution in [2.45, 2.75) is 32.7 Å². The molecule has 2 heterocycles. The largest absolute Gasteiger partial charge is 0.382 e. The van der Waals surface area contributed by atoms with Gasteiger partial charge in [0.2, 0.25) is 0 Å². The Morgan fingerprint density at radius 3 is 3.06 bits per heavy atom. The third-order valence-corrected chi connectivity index (χ3v) is 3.31. The second kappa shape index (κ2) is 3.91. The molecule has 1 N–H and O–H groups in total. The summed E-state index contributed by atoms with van der Waals surface area (Å²) in [5, 5.41) is 7.86. The summed E-state index contributed by atoms with van der Waals surface area (Å²) in [5.74, 6) is 0. The molecule has 0 saturated carbocycles. The summed E-state index contributed by atoms with van der Waals surface area (Å²) in [5.41, 5.74) is 5.01. The van der Waals surface area contributed by atoms with Gasteiger partial charge in [-0.2, -0.15) is 5.10 Å². The Morgan fingerprint density at radius 1 is 1.41 bits per heavy atom. The van der Waals surface area contributed by atoms with E-state index in [1.165, 1.54) is 23.2 Å². The van der Waals surface area contributed by atoms with Crippen molar-refractivity contribution in [2.24, 2.45) is 0 Å². The second-order valence-corrected chi connectivity index (χ2v) is 4.89. The van der Waals surface area contributed by atoms with E-state index in [9.17, 15) is 0 Å². The quantitative estimate of drug-likeness (QED) is 0.811. The van der Waals surface area contributed by atoms with Crippen molar-refractivity contribution in [3.8, 4) is 5.69 Å². The van der Waals surface area contributed by atoms with Crippen molar-refractivity contribution in [1.29, 1.82) is 0 Å². The molecule has 2 aromatic rings. The highest BCUT2D eigenvalue weighted by Gasteiger charge is 2.14. The van der Waals surface area contributed by atoms with E-state index in [1.54, 1.807) is 0 Å². The number of nitrogens with zero attached hydrogens (tertiary/aromatic N) is 2. The molecule has 0 radical (unpaired) electrons. The number of nitrogens with one attached hydrogen (secondary N) is 1. The predicted molar refractivity (Wildman–Crippen MR) is 69.7 cm³/mol. The maximum atomic E-state index is 4.35. The van der Waals surface area contributed by atoms with Crippen molar-refractivity contribution in [3.63, 3.8) is 0 Å². The van der Waals surface area contributed by atoms with E-state index < -0.39 is 0 Å². The lowest BCUT2D eigenvalue weighted by molar-refractivity contribution is 0.680. The lowest BCUT2D eigenvalue weighted by Crippen LogP contribution is -2.21. The Bertz CT molecular complexity index is 542. The molecule has 0 fully saturated rings. The first-order valence-corrected chi connectivity index (χ1v) is 6.13. The molecule has 88 valence electrons.